The van der Waals surface area contributed by atoms with Crippen molar-refractivity contribution in [1.82, 2.24) is 4.31 Å². The highest BCUT2D eigenvalue weighted by atomic mass is 32.2. The number of alkyl halides is 1. The van der Waals surface area contributed by atoms with E-state index in [9.17, 15) is 17.6 Å². The summed E-state index contributed by atoms with van der Waals surface area (Å²) in [5.41, 5.74) is 0. The lowest BCUT2D eigenvalue weighted by Crippen LogP contribution is -2.40. The molecule has 1 atom stereocenters. The molecule has 0 amide bonds. The van der Waals surface area contributed by atoms with Crippen molar-refractivity contribution in [2.24, 2.45) is 0 Å². The van der Waals surface area contributed by atoms with Gasteiger partial charge in [-0.25, -0.2) is 9.18 Å². The second-order valence-corrected chi connectivity index (χ2v) is 5.37. The minimum absolute atomic E-state index is 0.272. The van der Waals surface area contributed by atoms with E-state index in [1.807, 2.05) is 0 Å². The molecule has 0 spiro atoms. The monoisotopic (exact) mass is 287 g/mol. The third-order valence-corrected chi connectivity index (χ3v) is 2.93. The minimum atomic E-state index is -4.47. The lowest BCUT2D eigenvalue weighted by atomic mass is 10.4. The highest BCUT2D eigenvalue weighted by Crippen LogP contribution is 2.08. The molecule has 0 aliphatic heterocycles. The number of rotatable bonds is 8. The van der Waals surface area contributed by atoms with Gasteiger partial charge in [0.1, 0.15) is 19.5 Å². The Morgan fingerprint density at radius 3 is 2.33 bits per heavy atom. The van der Waals surface area contributed by atoms with Gasteiger partial charge in [-0.05, 0) is 20.8 Å². The van der Waals surface area contributed by atoms with E-state index in [0.717, 1.165) is 6.92 Å². The van der Waals surface area contributed by atoms with Crippen LogP contribution in [0.1, 0.15) is 20.8 Å². The Bertz CT molecular complexity index is 356. The van der Waals surface area contributed by atoms with Crippen molar-refractivity contribution in [2.45, 2.75) is 33.0 Å². The fourth-order valence-electron chi connectivity index (χ4n) is 0.918. The minimum Gasteiger partial charge on any atom is -0.385 e. The Morgan fingerprint density at radius 2 is 1.94 bits per heavy atom. The van der Waals surface area contributed by atoms with E-state index in [1.165, 1.54) is 0 Å². The van der Waals surface area contributed by atoms with E-state index < -0.39 is 42.3 Å². The number of hydrogen-bond donors (Lipinski definition) is 1. The largest absolute Gasteiger partial charge is 0.389 e. The molecule has 0 heterocycles. The lowest BCUT2D eigenvalue weighted by molar-refractivity contribution is -0.137. The second-order valence-electron chi connectivity index (χ2n) is 3.83. The number of halogens is 1. The first-order valence-corrected chi connectivity index (χ1v) is 6.64. The average molecular weight is 287 g/mol. The van der Waals surface area contributed by atoms with Gasteiger partial charge in [-0.15, -0.1) is 4.31 Å². The number of aliphatic hydroxyl groups is 1. The van der Waals surface area contributed by atoms with E-state index in [0.29, 0.717) is 4.31 Å². The number of aliphatic hydroxyl groups excluding tert-OH is 1. The maximum Gasteiger partial charge on any atom is 0.389 e. The summed E-state index contributed by atoms with van der Waals surface area (Å²) in [7, 11) is -4.47. The third kappa shape index (κ3) is 6.84. The molecule has 0 aromatic carbocycles. The van der Waals surface area contributed by atoms with Gasteiger partial charge in [0.15, 0.2) is 0 Å². The first-order valence-electron chi connectivity index (χ1n) is 5.28. The lowest BCUT2D eigenvalue weighted by Gasteiger charge is -2.22. The van der Waals surface area contributed by atoms with E-state index >= 15 is 0 Å². The zero-order valence-corrected chi connectivity index (χ0v) is 11.3. The average Bonchev–Trinajstić information content (AvgIpc) is 2.22. The first kappa shape index (κ1) is 17.2. The van der Waals surface area contributed by atoms with Gasteiger partial charge in [0, 0.05) is 0 Å². The van der Waals surface area contributed by atoms with Crippen molar-refractivity contribution in [3.8, 4) is 0 Å². The van der Waals surface area contributed by atoms with Gasteiger partial charge in [-0.3, -0.25) is 0 Å². The maximum atomic E-state index is 12.9. The molecule has 1 unspecified atom stereocenters. The fourth-order valence-corrected chi connectivity index (χ4v) is 1.89. The van der Waals surface area contributed by atoms with Gasteiger partial charge in [0.05, 0.1) is 12.6 Å². The molecule has 0 aromatic rings. The van der Waals surface area contributed by atoms with Crippen molar-refractivity contribution < 1.29 is 31.6 Å². The van der Waals surface area contributed by atoms with E-state index in [1.54, 1.807) is 13.8 Å². The van der Waals surface area contributed by atoms with Crippen molar-refractivity contribution in [2.75, 3.05) is 19.9 Å². The summed E-state index contributed by atoms with van der Waals surface area (Å²) in [4.78, 5) is 10.7. The van der Waals surface area contributed by atoms with Gasteiger partial charge >= 0.3 is 16.3 Å². The predicted octanol–water partition coefficient (Wildman–Crippen LogP) is -0.191. The molecule has 9 heteroatoms. The van der Waals surface area contributed by atoms with Gasteiger partial charge in [-0.2, -0.15) is 8.42 Å². The second kappa shape index (κ2) is 7.62. The van der Waals surface area contributed by atoms with Crippen LogP contribution in [0, 0.1) is 0 Å². The number of hydrogen-bond acceptors (Lipinski definition) is 6. The highest BCUT2D eigenvalue weighted by Gasteiger charge is 2.28. The van der Waals surface area contributed by atoms with E-state index in [-0.39, 0.29) is 6.10 Å². The van der Waals surface area contributed by atoms with Crippen molar-refractivity contribution in [3.63, 3.8) is 0 Å². The Balaban J connectivity index is 4.76. The van der Waals surface area contributed by atoms with Crippen molar-refractivity contribution >= 4 is 16.3 Å². The van der Waals surface area contributed by atoms with Gasteiger partial charge < -0.3 is 14.0 Å². The molecule has 108 valence electrons. The molecule has 0 radical (unpaired) electrons. The van der Waals surface area contributed by atoms with Crippen LogP contribution < -0.4 is 0 Å². The van der Waals surface area contributed by atoms with E-state index in [4.69, 9.17) is 9.84 Å². The maximum absolute atomic E-state index is 12.9. The molecule has 0 aromatic heterocycles. The van der Waals surface area contributed by atoms with Crippen molar-refractivity contribution in [3.05, 3.63) is 0 Å². The van der Waals surface area contributed by atoms with Crippen LogP contribution in [0.2, 0.25) is 0 Å². The molecule has 0 fully saturated rings. The topological polar surface area (TPSA) is 93.1 Å². The SMILES string of the molecule is CC(F)CN(COC(C)C)S(=O)(=O)OC(=O)CO. The summed E-state index contributed by atoms with van der Waals surface area (Å²) in [6.45, 7) is 2.47. The van der Waals surface area contributed by atoms with Gasteiger partial charge in [-0.1, -0.05) is 0 Å². The van der Waals surface area contributed by atoms with Crippen LogP contribution in [0.15, 0.2) is 0 Å². The van der Waals surface area contributed by atoms with Crippen LogP contribution in [-0.4, -0.2) is 56.0 Å². The molecule has 0 saturated carbocycles. The van der Waals surface area contributed by atoms with Crippen LogP contribution in [0.5, 0.6) is 0 Å². The van der Waals surface area contributed by atoms with Crippen LogP contribution in [0.3, 0.4) is 0 Å². The summed E-state index contributed by atoms with van der Waals surface area (Å²) >= 11 is 0. The molecule has 0 bridgehead atoms. The van der Waals surface area contributed by atoms with Crippen LogP contribution in [0.4, 0.5) is 4.39 Å². The zero-order valence-electron chi connectivity index (χ0n) is 10.5. The summed E-state index contributed by atoms with van der Waals surface area (Å²) in [6.07, 6.45) is -1.73. The number of carbonyl (C=O) groups excluding carboxylic acids is 1. The normalized spacial score (nSPS) is 13.9. The summed E-state index contributed by atoms with van der Waals surface area (Å²) < 4.78 is 45.6. The Morgan fingerprint density at radius 1 is 1.39 bits per heavy atom. The smallest absolute Gasteiger partial charge is 0.385 e. The molecule has 0 rings (SSSR count). The predicted molar refractivity (Wildman–Crippen MR) is 60.5 cm³/mol. The summed E-state index contributed by atoms with van der Waals surface area (Å²) in [6, 6.07) is 0. The third-order valence-electron chi connectivity index (χ3n) is 1.65. The molecule has 0 saturated heterocycles. The summed E-state index contributed by atoms with van der Waals surface area (Å²) in [5.74, 6) is -1.34. The summed E-state index contributed by atoms with van der Waals surface area (Å²) in [5, 5.41) is 8.42. The fraction of sp³-hybridized carbons (Fsp3) is 0.889. The van der Waals surface area contributed by atoms with Crippen LogP contribution in [-0.2, 0) is 24.0 Å². The molecule has 1 N–H and O–H groups in total. The quantitative estimate of drug-likeness (QED) is 0.622. The Hall–Kier alpha value is -0.770. The molecule has 7 nitrogen and oxygen atoms in total. The number of carbonyl (C=O) groups is 1. The van der Waals surface area contributed by atoms with E-state index in [2.05, 4.69) is 4.18 Å². The standard InChI is InChI=1S/C9H18FNO6S/c1-7(2)16-6-11(4-8(3)10)18(14,15)17-9(13)5-12/h7-8,12H,4-6H2,1-3H3. The van der Waals surface area contributed by atoms with Crippen LogP contribution in [0.25, 0.3) is 0 Å². The Labute approximate surface area is 106 Å². The van der Waals surface area contributed by atoms with Gasteiger partial charge in [0.2, 0.25) is 0 Å². The van der Waals surface area contributed by atoms with Crippen molar-refractivity contribution in [1.29, 1.82) is 0 Å². The molecular formula is C9H18FNO6S. The number of ether oxygens (including phenoxy) is 1. The number of nitrogens with zero attached hydrogens (tertiary/aromatic N) is 1. The van der Waals surface area contributed by atoms with Gasteiger partial charge in [0.25, 0.3) is 0 Å². The Kier molecular flexibility index (Phi) is 7.29. The van der Waals surface area contributed by atoms with Crippen LogP contribution >= 0.6 is 0 Å². The molecule has 0 aliphatic rings. The molecule has 18 heavy (non-hydrogen) atoms. The molecule has 0 aliphatic carbocycles. The zero-order chi connectivity index (χ0) is 14.3. The highest BCUT2D eigenvalue weighted by molar-refractivity contribution is 7.84. The first-order chi connectivity index (χ1) is 8.19. The molecular weight excluding hydrogens is 269 g/mol.